The third-order valence-electron chi connectivity index (χ3n) is 4.82. The predicted molar refractivity (Wildman–Crippen MR) is 104 cm³/mol. The number of carbonyl (C=O) groups excluding carboxylic acids is 1. The molecule has 0 radical (unpaired) electrons. The average Bonchev–Trinajstić information content (AvgIpc) is 2.61. The van der Waals surface area contributed by atoms with Crippen molar-refractivity contribution in [3.8, 4) is 0 Å². The van der Waals surface area contributed by atoms with Crippen LogP contribution in [0.3, 0.4) is 0 Å². The van der Waals surface area contributed by atoms with E-state index < -0.39 is 0 Å². The van der Waals surface area contributed by atoms with Crippen LogP contribution in [0.2, 0.25) is 10.0 Å². The van der Waals surface area contributed by atoms with Gasteiger partial charge in [0.05, 0.1) is 15.7 Å². The molecule has 1 aliphatic heterocycles. The summed E-state index contributed by atoms with van der Waals surface area (Å²) in [6, 6.07) is 13.7. The topological polar surface area (TPSA) is 32.3 Å². The lowest BCUT2D eigenvalue weighted by atomic mass is 9.95. The summed E-state index contributed by atoms with van der Waals surface area (Å²) in [4.78, 5) is 14.9. The van der Waals surface area contributed by atoms with Crippen LogP contribution in [0.25, 0.3) is 0 Å². The quantitative estimate of drug-likeness (QED) is 0.799. The molecule has 1 N–H and O–H groups in total. The van der Waals surface area contributed by atoms with Crippen LogP contribution in [0.4, 0.5) is 5.69 Å². The smallest absolute Gasteiger partial charge is 0.227 e. The highest BCUT2D eigenvalue weighted by molar-refractivity contribution is 6.44. The van der Waals surface area contributed by atoms with Gasteiger partial charge >= 0.3 is 0 Å². The number of halogens is 2. The molecule has 1 amide bonds. The molecular formula is C20H22Cl2N2O. The minimum absolute atomic E-state index is 0.0168. The van der Waals surface area contributed by atoms with E-state index in [1.807, 2.05) is 0 Å². The highest BCUT2D eigenvalue weighted by Gasteiger charge is 2.25. The maximum absolute atomic E-state index is 12.5. The number of hydrogen-bond acceptors (Lipinski definition) is 2. The molecule has 3 rings (SSSR count). The van der Waals surface area contributed by atoms with Gasteiger partial charge in [0, 0.05) is 12.5 Å². The summed E-state index contributed by atoms with van der Waals surface area (Å²) in [5.74, 6) is 0.0443. The fourth-order valence-electron chi connectivity index (χ4n) is 3.22. The molecule has 2 aromatic rings. The zero-order chi connectivity index (χ0) is 17.8. The van der Waals surface area contributed by atoms with Gasteiger partial charge in [0.1, 0.15) is 0 Å². The Morgan fingerprint density at radius 2 is 1.84 bits per heavy atom. The Labute approximate surface area is 158 Å². The van der Waals surface area contributed by atoms with E-state index in [2.05, 4.69) is 41.4 Å². The second-order valence-electron chi connectivity index (χ2n) is 6.57. The monoisotopic (exact) mass is 376 g/mol. The predicted octanol–water partition coefficient (Wildman–Crippen LogP) is 5.15. The van der Waals surface area contributed by atoms with E-state index in [4.69, 9.17) is 23.2 Å². The molecule has 1 aliphatic rings. The molecule has 0 unspecified atom stereocenters. The molecule has 132 valence electrons. The highest BCUT2D eigenvalue weighted by atomic mass is 35.5. The zero-order valence-corrected chi connectivity index (χ0v) is 15.8. The molecule has 0 atom stereocenters. The van der Waals surface area contributed by atoms with Gasteiger partial charge in [-0.25, -0.2) is 0 Å². The second-order valence-corrected chi connectivity index (χ2v) is 7.35. The minimum atomic E-state index is 0.0168. The molecular weight excluding hydrogens is 355 g/mol. The number of nitrogens with one attached hydrogen (secondary N) is 1. The first-order chi connectivity index (χ1) is 12.0. The molecule has 1 fully saturated rings. The maximum Gasteiger partial charge on any atom is 0.227 e. The van der Waals surface area contributed by atoms with E-state index in [-0.39, 0.29) is 11.8 Å². The first kappa shape index (κ1) is 18.2. The van der Waals surface area contributed by atoms with Crippen molar-refractivity contribution in [2.24, 2.45) is 5.92 Å². The number of hydrogen-bond donors (Lipinski definition) is 1. The Balaban J connectivity index is 1.54. The van der Waals surface area contributed by atoms with Crippen LogP contribution in [0, 0.1) is 12.8 Å². The van der Waals surface area contributed by atoms with Crippen LogP contribution in [0.1, 0.15) is 24.0 Å². The number of benzene rings is 2. The van der Waals surface area contributed by atoms with E-state index in [0.29, 0.717) is 15.7 Å². The second kappa shape index (κ2) is 8.22. The third kappa shape index (κ3) is 4.55. The Bertz CT molecular complexity index is 755. The number of anilines is 1. The molecule has 25 heavy (non-hydrogen) atoms. The van der Waals surface area contributed by atoms with Crippen LogP contribution in [0.5, 0.6) is 0 Å². The van der Waals surface area contributed by atoms with Gasteiger partial charge in [-0.05, 0) is 56.1 Å². The number of nitrogens with zero attached hydrogens (tertiary/aromatic N) is 1. The van der Waals surface area contributed by atoms with E-state index >= 15 is 0 Å². The van der Waals surface area contributed by atoms with Crippen LogP contribution in [-0.2, 0) is 11.3 Å². The fourth-order valence-corrected chi connectivity index (χ4v) is 3.56. The Hall–Kier alpha value is -1.55. The summed E-state index contributed by atoms with van der Waals surface area (Å²) < 4.78 is 0. The average molecular weight is 377 g/mol. The molecule has 0 saturated carbocycles. The van der Waals surface area contributed by atoms with Crippen LogP contribution >= 0.6 is 23.2 Å². The molecule has 2 aromatic carbocycles. The molecule has 1 saturated heterocycles. The van der Waals surface area contributed by atoms with Crippen molar-refractivity contribution in [2.75, 3.05) is 18.4 Å². The number of piperidine rings is 1. The lowest BCUT2D eigenvalue weighted by molar-refractivity contribution is -0.121. The summed E-state index contributed by atoms with van der Waals surface area (Å²) >= 11 is 12.2. The lowest BCUT2D eigenvalue weighted by Gasteiger charge is -2.31. The Morgan fingerprint density at radius 3 is 2.56 bits per heavy atom. The van der Waals surface area contributed by atoms with Crippen LogP contribution in [0.15, 0.2) is 42.5 Å². The number of rotatable bonds is 4. The minimum Gasteiger partial charge on any atom is -0.324 e. The van der Waals surface area contributed by atoms with E-state index in [1.54, 1.807) is 18.2 Å². The molecule has 3 nitrogen and oxygen atoms in total. The van der Waals surface area contributed by atoms with Crippen molar-refractivity contribution in [3.63, 3.8) is 0 Å². The number of aryl methyl sites for hydroxylation is 1. The van der Waals surface area contributed by atoms with Crippen molar-refractivity contribution in [1.82, 2.24) is 4.90 Å². The van der Waals surface area contributed by atoms with Gasteiger partial charge in [-0.3, -0.25) is 9.69 Å². The Kier molecular flexibility index (Phi) is 6.00. The summed E-state index contributed by atoms with van der Waals surface area (Å²) in [5.41, 5.74) is 3.26. The van der Waals surface area contributed by atoms with E-state index in [0.717, 1.165) is 32.5 Å². The van der Waals surface area contributed by atoms with Gasteiger partial charge in [0.15, 0.2) is 0 Å². The molecule has 1 heterocycles. The Morgan fingerprint density at radius 1 is 1.12 bits per heavy atom. The van der Waals surface area contributed by atoms with Gasteiger partial charge in [0.25, 0.3) is 0 Å². The number of amides is 1. The van der Waals surface area contributed by atoms with Crippen molar-refractivity contribution < 1.29 is 4.79 Å². The molecule has 0 aromatic heterocycles. The summed E-state index contributed by atoms with van der Waals surface area (Å²) in [5, 5.41) is 3.77. The molecule has 5 heteroatoms. The normalized spacial score (nSPS) is 16.0. The summed E-state index contributed by atoms with van der Waals surface area (Å²) in [7, 11) is 0. The van der Waals surface area contributed by atoms with Crippen molar-refractivity contribution in [3.05, 3.63) is 63.6 Å². The van der Waals surface area contributed by atoms with Gasteiger partial charge in [-0.2, -0.15) is 0 Å². The lowest BCUT2D eigenvalue weighted by Crippen LogP contribution is -2.37. The van der Waals surface area contributed by atoms with Gasteiger partial charge in [-0.1, -0.05) is 53.5 Å². The third-order valence-corrected chi connectivity index (χ3v) is 5.64. The largest absolute Gasteiger partial charge is 0.324 e. The molecule has 0 bridgehead atoms. The van der Waals surface area contributed by atoms with Gasteiger partial charge in [0.2, 0.25) is 5.91 Å². The molecule has 0 aliphatic carbocycles. The van der Waals surface area contributed by atoms with Gasteiger partial charge in [-0.15, -0.1) is 0 Å². The van der Waals surface area contributed by atoms with Crippen molar-refractivity contribution in [2.45, 2.75) is 26.3 Å². The van der Waals surface area contributed by atoms with E-state index in [1.165, 1.54) is 11.1 Å². The van der Waals surface area contributed by atoms with Crippen LogP contribution < -0.4 is 5.32 Å². The van der Waals surface area contributed by atoms with Crippen molar-refractivity contribution in [1.29, 1.82) is 0 Å². The highest BCUT2D eigenvalue weighted by Crippen LogP contribution is 2.30. The SMILES string of the molecule is Cc1ccccc1CN1CCC(C(=O)Nc2cccc(Cl)c2Cl)CC1. The number of carbonyl (C=O) groups is 1. The summed E-state index contributed by atoms with van der Waals surface area (Å²) in [6.07, 6.45) is 1.71. The standard InChI is InChI=1S/C20H22Cl2N2O/c1-14-5-2-3-6-16(14)13-24-11-9-15(10-12-24)20(25)23-18-8-4-7-17(21)19(18)22/h2-8,15H,9-13H2,1H3,(H,23,25). The first-order valence-electron chi connectivity index (χ1n) is 8.56. The summed E-state index contributed by atoms with van der Waals surface area (Å²) in [6.45, 7) is 4.94. The maximum atomic E-state index is 12.5. The van der Waals surface area contributed by atoms with Crippen molar-refractivity contribution >= 4 is 34.8 Å². The fraction of sp³-hybridized carbons (Fsp3) is 0.350. The number of likely N-dealkylation sites (tertiary alicyclic amines) is 1. The molecule has 0 spiro atoms. The van der Waals surface area contributed by atoms with E-state index in [9.17, 15) is 4.79 Å². The van der Waals surface area contributed by atoms with Gasteiger partial charge < -0.3 is 5.32 Å². The van der Waals surface area contributed by atoms with Crippen LogP contribution in [-0.4, -0.2) is 23.9 Å². The zero-order valence-electron chi connectivity index (χ0n) is 14.3. The first-order valence-corrected chi connectivity index (χ1v) is 9.32.